The molecule has 4 rings (SSSR count). The fraction of sp³-hybridized carbons (Fsp3) is 0.136. The van der Waals surface area contributed by atoms with Crippen LogP contribution in [0.4, 0.5) is 0 Å². The summed E-state index contributed by atoms with van der Waals surface area (Å²) in [6.07, 6.45) is 0. The number of ether oxygens (including phenoxy) is 1. The summed E-state index contributed by atoms with van der Waals surface area (Å²) in [5, 5.41) is 4.58. The molecule has 0 radical (unpaired) electrons. The molecule has 6 nitrogen and oxygen atoms in total. The Hall–Kier alpha value is -3.38. The van der Waals surface area contributed by atoms with Gasteiger partial charge in [-0.2, -0.15) is 5.10 Å². The summed E-state index contributed by atoms with van der Waals surface area (Å²) in [4.78, 5) is 17.1. The first kappa shape index (κ1) is 19.0. The van der Waals surface area contributed by atoms with Crippen molar-refractivity contribution >= 4 is 17.6 Å². The molecule has 0 aliphatic carbocycles. The zero-order chi connectivity index (χ0) is 20.4. The molecule has 2 aromatic heterocycles. The highest BCUT2D eigenvalue weighted by Gasteiger charge is 2.23. The monoisotopic (exact) mass is 407 g/mol. The van der Waals surface area contributed by atoms with Gasteiger partial charge in [0.25, 0.3) is 0 Å². The standard InChI is InChI=1S/C22H18ClN3O3/c1-14-19(20(23)26(25-14)17-11-7-4-8-12-17)22(27)28-13-18-15(2)29-21(24-18)16-9-5-3-6-10-16/h3-12H,13H2,1-2H3. The molecule has 0 atom stereocenters. The summed E-state index contributed by atoms with van der Waals surface area (Å²) in [5.74, 6) is 0.526. The third-order valence-corrected chi connectivity index (χ3v) is 4.81. The fourth-order valence-corrected chi connectivity index (χ4v) is 3.29. The molecule has 0 amide bonds. The average molecular weight is 408 g/mol. The molecule has 0 N–H and O–H groups in total. The second kappa shape index (κ2) is 7.93. The van der Waals surface area contributed by atoms with Crippen molar-refractivity contribution < 1.29 is 13.9 Å². The lowest BCUT2D eigenvalue weighted by molar-refractivity contribution is 0.0466. The van der Waals surface area contributed by atoms with Crippen LogP contribution in [0.15, 0.2) is 65.1 Å². The minimum Gasteiger partial charge on any atom is -0.455 e. The maximum absolute atomic E-state index is 12.7. The second-order valence-corrected chi connectivity index (χ2v) is 6.82. The quantitative estimate of drug-likeness (QED) is 0.427. The summed E-state index contributed by atoms with van der Waals surface area (Å²) < 4.78 is 12.7. The van der Waals surface area contributed by atoms with E-state index in [4.69, 9.17) is 20.8 Å². The van der Waals surface area contributed by atoms with Crippen molar-refractivity contribution in [2.45, 2.75) is 20.5 Å². The Balaban J connectivity index is 1.53. The van der Waals surface area contributed by atoms with E-state index in [1.165, 1.54) is 4.68 Å². The van der Waals surface area contributed by atoms with Crippen molar-refractivity contribution in [3.63, 3.8) is 0 Å². The van der Waals surface area contributed by atoms with E-state index in [1.807, 2.05) is 60.7 Å². The summed E-state index contributed by atoms with van der Waals surface area (Å²) in [6.45, 7) is 3.48. The smallest absolute Gasteiger partial charge is 0.343 e. The average Bonchev–Trinajstić information content (AvgIpc) is 3.26. The van der Waals surface area contributed by atoms with E-state index in [1.54, 1.807) is 13.8 Å². The van der Waals surface area contributed by atoms with Crippen LogP contribution in [-0.2, 0) is 11.3 Å². The molecule has 0 bridgehead atoms. The van der Waals surface area contributed by atoms with Gasteiger partial charge in [0, 0.05) is 5.56 Å². The number of aromatic nitrogens is 3. The van der Waals surface area contributed by atoms with E-state index in [2.05, 4.69) is 10.1 Å². The van der Waals surface area contributed by atoms with E-state index < -0.39 is 5.97 Å². The normalized spacial score (nSPS) is 10.9. The van der Waals surface area contributed by atoms with E-state index in [-0.39, 0.29) is 17.3 Å². The number of halogens is 1. The lowest BCUT2D eigenvalue weighted by Crippen LogP contribution is -2.07. The molecule has 0 aliphatic heterocycles. The largest absolute Gasteiger partial charge is 0.455 e. The molecule has 4 aromatic rings. The van der Waals surface area contributed by atoms with E-state index in [9.17, 15) is 4.79 Å². The van der Waals surface area contributed by atoms with Crippen LogP contribution in [0, 0.1) is 13.8 Å². The second-order valence-electron chi connectivity index (χ2n) is 6.46. The highest BCUT2D eigenvalue weighted by molar-refractivity contribution is 6.33. The molecule has 7 heteroatoms. The predicted octanol–water partition coefficient (Wildman–Crippen LogP) is 5.15. The van der Waals surface area contributed by atoms with Gasteiger partial charge in [0.2, 0.25) is 5.89 Å². The van der Waals surface area contributed by atoms with Crippen LogP contribution in [0.5, 0.6) is 0 Å². The number of carbonyl (C=O) groups is 1. The molecule has 2 aromatic carbocycles. The van der Waals surface area contributed by atoms with E-state index >= 15 is 0 Å². The number of hydrogen-bond donors (Lipinski definition) is 0. The minimum atomic E-state index is -0.557. The topological polar surface area (TPSA) is 70.2 Å². The highest BCUT2D eigenvalue weighted by Crippen LogP contribution is 2.26. The first-order chi connectivity index (χ1) is 14.0. The highest BCUT2D eigenvalue weighted by atomic mass is 35.5. The molecule has 0 saturated carbocycles. The first-order valence-corrected chi connectivity index (χ1v) is 9.42. The van der Waals surface area contributed by atoms with Crippen molar-refractivity contribution in [1.82, 2.24) is 14.8 Å². The van der Waals surface area contributed by atoms with E-state index in [0.717, 1.165) is 11.3 Å². The molecule has 29 heavy (non-hydrogen) atoms. The third kappa shape index (κ3) is 3.79. The molecule has 0 spiro atoms. The molecule has 146 valence electrons. The van der Waals surface area contributed by atoms with Crippen molar-refractivity contribution in [2.75, 3.05) is 0 Å². The van der Waals surface area contributed by atoms with Gasteiger partial charge in [-0.1, -0.05) is 48.0 Å². The van der Waals surface area contributed by atoms with Crippen LogP contribution in [0.1, 0.15) is 27.5 Å². The molecule has 0 fully saturated rings. The minimum absolute atomic E-state index is 0.0205. The van der Waals surface area contributed by atoms with Crippen LogP contribution in [0.25, 0.3) is 17.1 Å². The zero-order valence-electron chi connectivity index (χ0n) is 15.9. The third-order valence-electron chi connectivity index (χ3n) is 4.46. The summed E-state index contributed by atoms with van der Waals surface area (Å²) in [7, 11) is 0. The van der Waals surface area contributed by atoms with Crippen molar-refractivity contribution in [3.8, 4) is 17.1 Å². The maximum atomic E-state index is 12.7. The Bertz CT molecular complexity index is 1150. The number of esters is 1. The van der Waals surface area contributed by atoms with Crippen LogP contribution in [0.2, 0.25) is 5.15 Å². The number of rotatable bonds is 5. The Labute approximate surface area is 172 Å². The van der Waals surface area contributed by atoms with Crippen molar-refractivity contribution in [3.05, 3.63) is 88.5 Å². The molecule has 2 heterocycles. The maximum Gasteiger partial charge on any atom is 0.343 e. The number of carbonyl (C=O) groups excluding carboxylic acids is 1. The van der Waals surface area contributed by atoms with Gasteiger partial charge in [-0.25, -0.2) is 14.5 Å². The number of nitrogens with zero attached hydrogens (tertiary/aromatic N) is 3. The Kier molecular flexibility index (Phi) is 5.18. The van der Waals surface area contributed by atoms with Crippen LogP contribution in [-0.4, -0.2) is 20.7 Å². The lowest BCUT2D eigenvalue weighted by atomic mass is 10.2. The van der Waals surface area contributed by atoms with Crippen LogP contribution in [0.3, 0.4) is 0 Å². The SMILES string of the molecule is Cc1nn(-c2ccccc2)c(Cl)c1C(=O)OCc1nc(-c2ccccc2)oc1C. The Morgan fingerprint density at radius 2 is 1.72 bits per heavy atom. The van der Waals surface area contributed by atoms with Gasteiger partial charge in [0.1, 0.15) is 28.8 Å². The number of oxazole rings is 1. The molecule has 0 saturated heterocycles. The Morgan fingerprint density at radius 1 is 1.07 bits per heavy atom. The van der Waals surface area contributed by atoms with Gasteiger partial charge in [-0.3, -0.25) is 0 Å². The fourth-order valence-electron chi connectivity index (χ4n) is 2.94. The van der Waals surface area contributed by atoms with Gasteiger partial charge < -0.3 is 9.15 Å². The summed E-state index contributed by atoms with van der Waals surface area (Å²) in [5.41, 5.74) is 2.91. The van der Waals surface area contributed by atoms with Gasteiger partial charge >= 0.3 is 5.97 Å². The van der Waals surface area contributed by atoms with Crippen molar-refractivity contribution in [1.29, 1.82) is 0 Å². The number of benzene rings is 2. The zero-order valence-corrected chi connectivity index (χ0v) is 16.7. The van der Waals surface area contributed by atoms with Gasteiger partial charge in [-0.15, -0.1) is 0 Å². The molecule has 0 aliphatic rings. The van der Waals surface area contributed by atoms with Crippen molar-refractivity contribution in [2.24, 2.45) is 0 Å². The molecule has 0 unspecified atom stereocenters. The number of para-hydroxylation sites is 1. The Morgan fingerprint density at radius 3 is 2.41 bits per heavy atom. The van der Waals surface area contributed by atoms with Gasteiger partial charge in [0.15, 0.2) is 0 Å². The predicted molar refractivity (Wildman–Crippen MR) is 109 cm³/mol. The molecular formula is C22H18ClN3O3. The molecular weight excluding hydrogens is 390 g/mol. The first-order valence-electron chi connectivity index (χ1n) is 9.04. The number of aryl methyl sites for hydroxylation is 2. The van der Waals surface area contributed by atoms with E-state index in [0.29, 0.717) is 23.0 Å². The van der Waals surface area contributed by atoms with Crippen LogP contribution >= 0.6 is 11.6 Å². The summed E-state index contributed by atoms with van der Waals surface area (Å²) >= 11 is 6.42. The summed E-state index contributed by atoms with van der Waals surface area (Å²) in [6, 6.07) is 18.9. The lowest BCUT2D eigenvalue weighted by Gasteiger charge is -2.04. The van der Waals surface area contributed by atoms with Gasteiger partial charge in [0.05, 0.1) is 11.4 Å². The number of hydrogen-bond acceptors (Lipinski definition) is 5. The van der Waals surface area contributed by atoms with Crippen LogP contribution < -0.4 is 0 Å². The van der Waals surface area contributed by atoms with Gasteiger partial charge in [-0.05, 0) is 38.1 Å².